The van der Waals surface area contributed by atoms with Gasteiger partial charge in [0.2, 0.25) is 0 Å². The predicted molar refractivity (Wildman–Crippen MR) is 148 cm³/mol. The lowest BCUT2D eigenvalue weighted by atomic mass is 9.87. The molecule has 0 saturated carbocycles. The molecule has 10 heteroatoms. The molecular weight excluding hydrogens is 505 g/mol. The Kier molecular flexibility index (Phi) is 5.76. The van der Waals surface area contributed by atoms with Gasteiger partial charge in [-0.05, 0) is 42.7 Å². The normalized spacial score (nSPS) is 18.2. The van der Waals surface area contributed by atoms with Crippen LogP contribution in [0.5, 0.6) is 0 Å². The summed E-state index contributed by atoms with van der Waals surface area (Å²) < 4.78 is 16.6. The Hall–Kier alpha value is -5.06. The number of rotatable bonds is 4. The van der Waals surface area contributed by atoms with Gasteiger partial charge >= 0.3 is 0 Å². The topological polar surface area (TPSA) is 91.2 Å². The van der Waals surface area contributed by atoms with E-state index in [1.807, 2.05) is 31.8 Å². The fourth-order valence-electron chi connectivity index (χ4n) is 5.69. The molecule has 3 fully saturated rings. The van der Waals surface area contributed by atoms with Crippen LogP contribution in [0.1, 0.15) is 17.7 Å². The molecule has 2 unspecified atom stereocenters. The van der Waals surface area contributed by atoms with Gasteiger partial charge in [0.1, 0.15) is 23.4 Å². The number of nitriles is 1. The Morgan fingerprint density at radius 2 is 1.82 bits per heavy atom. The van der Waals surface area contributed by atoms with Crippen molar-refractivity contribution >= 4 is 11.3 Å². The standard InChI is InChI=1S/C30H24FN9/c1-37-16-23(14-35-37)21-9-28(30-22(11-32)13-36-40(30)17-21)20-4-7-29(34-12-20)38-18-26-10-27(19-38)39(26)8-2-3-25-6-5-24(31)15-33-25/h4-7,9,12-17,26-27H,8,10,18-19H2,1H3. The molecule has 0 amide bonds. The second-order valence-corrected chi connectivity index (χ2v) is 10.2. The van der Waals surface area contributed by atoms with Gasteiger partial charge in [-0.3, -0.25) is 9.58 Å². The van der Waals surface area contributed by atoms with Crippen molar-refractivity contribution in [1.29, 1.82) is 5.26 Å². The van der Waals surface area contributed by atoms with E-state index in [4.69, 9.17) is 4.98 Å². The number of fused-ring (bicyclic) bond motifs is 3. The molecule has 0 spiro atoms. The third-order valence-electron chi connectivity index (χ3n) is 7.70. The first-order chi connectivity index (χ1) is 19.6. The van der Waals surface area contributed by atoms with Crippen molar-refractivity contribution in [2.24, 2.45) is 7.05 Å². The van der Waals surface area contributed by atoms with Crippen LogP contribution in [-0.2, 0) is 7.05 Å². The van der Waals surface area contributed by atoms with Crippen LogP contribution in [0.2, 0.25) is 0 Å². The molecule has 0 aromatic carbocycles. The van der Waals surface area contributed by atoms with Crippen LogP contribution < -0.4 is 4.90 Å². The maximum atomic E-state index is 13.1. The van der Waals surface area contributed by atoms with Gasteiger partial charge in [-0.2, -0.15) is 15.5 Å². The third kappa shape index (κ3) is 4.25. The molecule has 8 rings (SSSR count). The van der Waals surface area contributed by atoms with Gasteiger partial charge in [0, 0.05) is 73.1 Å². The molecule has 0 N–H and O–H groups in total. The Balaban J connectivity index is 1.10. The van der Waals surface area contributed by atoms with Crippen molar-refractivity contribution in [3.8, 4) is 40.2 Å². The molecule has 3 saturated heterocycles. The van der Waals surface area contributed by atoms with Crippen molar-refractivity contribution in [2.75, 3.05) is 24.5 Å². The van der Waals surface area contributed by atoms with Crippen LogP contribution in [0.4, 0.5) is 10.2 Å². The first kappa shape index (κ1) is 24.0. The van der Waals surface area contributed by atoms with E-state index in [2.05, 4.69) is 61.1 Å². The van der Waals surface area contributed by atoms with Crippen LogP contribution in [0, 0.1) is 29.0 Å². The van der Waals surface area contributed by atoms with Crippen LogP contribution in [-0.4, -0.2) is 66.0 Å². The van der Waals surface area contributed by atoms with E-state index in [0.717, 1.165) is 53.1 Å². The Labute approximate surface area is 230 Å². The number of halogens is 1. The molecule has 9 nitrogen and oxygen atoms in total. The van der Waals surface area contributed by atoms with Gasteiger partial charge in [0.05, 0.1) is 36.2 Å². The quantitative estimate of drug-likeness (QED) is 0.329. The minimum Gasteiger partial charge on any atom is -0.353 e. The lowest BCUT2D eigenvalue weighted by Crippen LogP contribution is -2.68. The Bertz CT molecular complexity index is 1810. The van der Waals surface area contributed by atoms with Crippen molar-refractivity contribution in [3.63, 3.8) is 0 Å². The minimum atomic E-state index is -0.357. The molecule has 2 bridgehead atoms. The molecule has 196 valence electrons. The second-order valence-electron chi connectivity index (χ2n) is 10.2. The molecule has 3 aliphatic rings. The average molecular weight is 530 g/mol. The summed E-state index contributed by atoms with van der Waals surface area (Å²) in [4.78, 5) is 13.6. The summed E-state index contributed by atoms with van der Waals surface area (Å²) in [5, 5.41) is 18.4. The zero-order chi connectivity index (χ0) is 27.2. The molecular formula is C30H24FN9. The zero-order valence-electron chi connectivity index (χ0n) is 21.7. The summed E-state index contributed by atoms with van der Waals surface area (Å²) in [6, 6.07) is 12.3. The summed E-state index contributed by atoms with van der Waals surface area (Å²) in [6.07, 6.45) is 11.5. The number of nitrogens with zero attached hydrogens (tertiary/aromatic N) is 9. The van der Waals surface area contributed by atoms with Crippen molar-refractivity contribution in [2.45, 2.75) is 18.5 Å². The van der Waals surface area contributed by atoms with E-state index in [-0.39, 0.29) is 5.82 Å². The smallest absolute Gasteiger partial charge is 0.141 e. The summed E-state index contributed by atoms with van der Waals surface area (Å²) >= 11 is 0. The third-order valence-corrected chi connectivity index (χ3v) is 7.70. The predicted octanol–water partition coefficient (Wildman–Crippen LogP) is 3.52. The second kappa shape index (κ2) is 9.60. The lowest BCUT2D eigenvalue weighted by molar-refractivity contribution is 0.0125. The van der Waals surface area contributed by atoms with E-state index in [1.165, 1.54) is 12.3 Å². The number of anilines is 1. The molecule has 2 atom stereocenters. The highest BCUT2D eigenvalue weighted by molar-refractivity contribution is 5.87. The van der Waals surface area contributed by atoms with Crippen molar-refractivity contribution < 1.29 is 4.39 Å². The van der Waals surface area contributed by atoms with E-state index in [1.54, 1.807) is 21.5 Å². The number of piperazine rings is 1. The van der Waals surface area contributed by atoms with Crippen LogP contribution in [0.3, 0.4) is 0 Å². The molecule has 3 aliphatic heterocycles. The number of piperidine rings is 1. The Morgan fingerprint density at radius 3 is 2.52 bits per heavy atom. The molecule has 0 radical (unpaired) electrons. The first-order valence-electron chi connectivity index (χ1n) is 13.0. The summed E-state index contributed by atoms with van der Waals surface area (Å²) in [7, 11) is 1.88. The van der Waals surface area contributed by atoms with E-state index in [0.29, 0.717) is 29.9 Å². The molecule has 5 aromatic heterocycles. The molecule has 0 aliphatic carbocycles. The number of aryl methyl sites for hydroxylation is 1. The largest absolute Gasteiger partial charge is 0.353 e. The number of hydrogen-bond acceptors (Lipinski definition) is 7. The maximum Gasteiger partial charge on any atom is 0.141 e. The van der Waals surface area contributed by atoms with Crippen molar-refractivity contribution in [3.05, 3.63) is 84.6 Å². The van der Waals surface area contributed by atoms with E-state index >= 15 is 0 Å². The molecule has 5 aromatic rings. The van der Waals surface area contributed by atoms with Crippen LogP contribution >= 0.6 is 0 Å². The monoisotopic (exact) mass is 529 g/mol. The van der Waals surface area contributed by atoms with Crippen molar-refractivity contribution in [1.82, 2.24) is 34.3 Å². The van der Waals surface area contributed by atoms with Gasteiger partial charge in [-0.1, -0.05) is 5.92 Å². The highest BCUT2D eigenvalue weighted by Crippen LogP contribution is 2.35. The summed E-state index contributed by atoms with van der Waals surface area (Å²) in [6.45, 7) is 2.45. The number of pyridine rings is 3. The van der Waals surface area contributed by atoms with Gasteiger partial charge in [0.25, 0.3) is 0 Å². The number of hydrogen-bond donors (Lipinski definition) is 0. The van der Waals surface area contributed by atoms with E-state index < -0.39 is 0 Å². The van der Waals surface area contributed by atoms with Gasteiger partial charge in [-0.15, -0.1) is 0 Å². The number of aromatic nitrogens is 6. The highest BCUT2D eigenvalue weighted by Gasteiger charge is 2.44. The maximum absolute atomic E-state index is 13.1. The van der Waals surface area contributed by atoms with Gasteiger partial charge in [-0.25, -0.2) is 18.9 Å². The average Bonchev–Trinajstić information content (AvgIpc) is 3.62. The van der Waals surface area contributed by atoms with Crippen LogP contribution in [0.25, 0.3) is 27.8 Å². The van der Waals surface area contributed by atoms with Gasteiger partial charge in [0.15, 0.2) is 0 Å². The molecule has 8 heterocycles. The van der Waals surface area contributed by atoms with E-state index in [9.17, 15) is 9.65 Å². The lowest BCUT2D eigenvalue weighted by Gasteiger charge is -2.56. The fourth-order valence-corrected chi connectivity index (χ4v) is 5.69. The summed E-state index contributed by atoms with van der Waals surface area (Å²) in [5.41, 5.74) is 5.62. The summed E-state index contributed by atoms with van der Waals surface area (Å²) in [5.74, 6) is 6.81. The first-order valence-corrected chi connectivity index (χ1v) is 13.0. The van der Waals surface area contributed by atoms with Crippen LogP contribution in [0.15, 0.2) is 67.5 Å². The fraction of sp³-hybridized carbons (Fsp3) is 0.233. The minimum absolute atomic E-state index is 0.357. The Morgan fingerprint density at radius 1 is 0.950 bits per heavy atom. The molecule has 40 heavy (non-hydrogen) atoms. The SMILES string of the molecule is Cn1cc(-c2cc(-c3ccc(N4CC5CC(C4)N5CC#Cc4ccc(F)cn4)nc3)c3c(C#N)cnn3c2)cn1. The highest BCUT2D eigenvalue weighted by atomic mass is 19.1. The zero-order valence-corrected chi connectivity index (χ0v) is 21.7. The van der Waals surface area contributed by atoms with Gasteiger partial charge < -0.3 is 4.90 Å².